The maximum atomic E-state index is 12.8. The number of para-hydroxylation sites is 2. The standard InChI is InChI=1S/C23H21NO3/c1-26-22-10-6-5-9-20(22)24-15-11-12-17-19(13-15)16-7-3-4-8-18(16)23(27-2)14-21(17)25/h3-13,23-24H,14H2,1-2H3. The Balaban J connectivity index is 1.81. The van der Waals surface area contributed by atoms with Crippen molar-refractivity contribution < 1.29 is 14.3 Å². The molecule has 3 aromatic rings. The molecule has 0 bridgehead atoms. The van der Waals surface area contributed by atoms with Gasteiger partial charge in [-0.05, 0) is 47.0 Å². The Morgan fingerprint density at radius 1 is 0.889 bits per heavy atom. The molecule has 0 aromatic heterocycles. The summed E-state index contributed by atoms with van der Waals surface area (Å²) in [5.41, 5.74) is 5.51. The second kappa shape index (κ2) is 7.25. The number of benzene rings is 3. The molecule has 4 nitrogen and oxygen atoms in total. The highest BCUT2D eigenvalue weighted by Gasteiger charge is 2.27. The fraction of sp³-hybridized carbons (Fsp3) is 0.174. The molecule has 4 heteroatoms. The Bertz CT molecular complexity index is 996. The molecule has 3 aromatic carbocycles. The monoisotopic (exact) mass is 359 g/mol. The summed E-state index contributed by atoms with van der Waals surface area (Å²) in [6.07, 6.45) is 0.117. The number of ketones is 1. The molecule has 1 atom stereocenters. The van der Waals surface area contributed by atoms with Gasteiger partial charge in [-0.25, -0.2) is 0 Å². The van der Waals surface area contributed by atoms with E-state index in [0.29, 0.717) is 6.42 Å². The van der Waals surface area contributed by atoms with Gasteiger partial charge < -0.3 is 14.8 Å². The van der Waals surface area contributed by atoms with Crippen molar-refractivity contribution in [2.75, 3.05) is 19.5 Å². The summed E-state index contributed by atoms with van der Waals surface area (Å²) >= 11 is 0. The van der Waals surface area contributed by atoms with Gasteiger partial charge in [-0.15, -0.1) is 0 Å². The van der Waals surface area contributed by atoms with Crippen LogP contribution in [0.2, 0.25) is 0 Å². The average Bonchev–Trinajstić information content (AvgIpc) is 2.83. The summed E-state index contributed by atoms with van der Waals surface area (Å²) in [6.45, 7) is 0. The minimum Gasteiger partial charge on any atom is -0.495 e. The van der Waals surface area contributed by atoms with Crippen LogP contribution in [0.3, 0.4) is 0 Å². The number of rotatable bonds is 4. The number of hydrogen-bond donors (Lipinski definition) is 1. The zero-order valence-electron chi connectivity index (χ0n) is 15.4. The number of carbonyl (C=O) groups excluding carboxylic acids is 1. The minimum absolute atomic E-state index is 0.0943. The lowest BCUT2D eigenvalue weighted by Crippen LogP contribution is -2.07. The third-order valence-corrected chi connectivity index (χ3v) is 4.96. The molecule has 0 saturated heterocycles. The van der Waals surface area contributed by atoms with E-state index in [4.69, 9.17) is 9.47 Å². The Hall–Kier alpha value is -3.11. The number of Topliss-reactive ketones (excluding diaryl/α,β-unsaturated/α-hetero) is 1. The molecule has 0 saturated carbocycles. The van der Waals surface area contributed by atoms with Gasteiger partial charge in [0, 0.05) is 24.8 Å². The van der Waals surface area contributed by atoms with E-state index in [1.54, 1.807) is 14.2 Å². The summed E-state index contributed by atoms with van der Waals surface area (Å²) in [4.78, 5) is 12.8. The molecule has 0 aliphatic heterocycles. The summed E-state index contributed by atoms with van der Waals surface area (Å²) < 4.78 is 11.0. The maximum Gasteiger partial charge on any atom is 0.166 e. The lowest BCUT2D eigenvalue weighted by Gasteiger charge is -2.16. The number of methoxy groups -OCH3 is 2. The van der Waals surface area contributed by atoms with Crippen LogP contribution in [0.15, 0.2) is 66.7 Å². The first kappa shape index (κ1) is 17.3. The van der Waals surface area contributed by atoms with Crippen molar-refractivity contribution in [2.24, 2.45) is 0 Å². The second-order valence-electron chi connectivity index (χ2n) is 6.52. The predicted molar refractivity (Wildman–Crippen MR) is 107 cm³/mol. The van der Waals surface area contributed by atoms with E-state index in [9.17, 15) is 4.79 Å². The fourth-order valence-corrected chi connectivity index (χ4v) is 3.61. The molecule has 1 aliphatic carbocycles. The van der Waals surface area contributed by atoms with E-state index in [1.807, 2.05) is 66.7 Å². The topological polar surface area (TPSA) is 47.6 Å². The minimum atomic E-state index is -0.230. The van der Waals surface area contributed by atoms with Crippen molar-refractivity contribution in [2.45, 2.75) is 12.5 Å². The zero-order chi connectivity index (χ0) is 18.8. The van der Waals surface area contributed by atoms with Crippen molar-refractivity contribution in [3.63, 3.8) is 0 Å². The van der Waals surface area contributed by atoms with E-state index in [1.165, 1.54) is 0 Å². The Morgan fingerprint density at radius 2 is 1.67 bits per heavy atom. The number of fused-ring (bicyclic) bond motifs is 3. The summed E-state index contributed by atoms with van der Waals surface area (Å²) in [5.74, 6) is 0.861. The number of anilines is 2. The number of carbonyl (C=O) groups is 1. The second-order valence-corrected chi connectivity index (χ2v) is 6.52. The SMILES string of the molecule is COc1ccccc1Nc1ccc2c(c1)-c1ccccc1C(OC)CC2=O. The quantitative estimate of drug-likeness (QED) is 0.679. The van der Waals surface area contributed by atoms with Crippen LogP contribution in [0.4, 0.5) is 11.4 Å². The van der Waals surface area contributed by atoms with Gasteiger partial charge in [0.05, 0.1) is 18.9 Å². The molecule has 0 heterocycles. The van der Waals surface area contributed by atoms with Crippen LogP contribution < -0.4 is 10.1 Å². The molecule has 1 aliphatic rings. The van der Waals surface area contributed by atoms with E-state index in [-0.39, 0.29) is 11.9 Å². The molecule has 1 N–H and O–H groups in total. The Labute approximate surface area is 158 Å². The zero-order valence-corrected chi connectivity index (χ0v) is 15.4. The van der Waals surface area contributed by atoms with Crippen LogP contribution in [0.5, 0.6) is 5.75 Å². The van der Waals surface area contributed by atoms with Crippen LogP contribution in [0.25, 0.3) is 11.1 Å². The molecular formula is C23H21NO3. The number of nitrogens with one attached hydrogen (secondary N) is 1. The van der Waals surface area contributed by atoms with Crippen molar-refractivity contribution >= 4 is 17.2 Å². The highest BCUT2D eigenvalue weighted by atomic mass is 16.5. The molecule has 0 amide bonds. The molecule has 4 rings (SSSR count). The molecular weight excluding hydrogens is 338 g/mol. The number of hydrogen-bond acceptors (Lipinski definition) is 4. The Kier molecular flexibility index (Phi) is 4.65. The van der Waals surface area contributed by atoms with Gasteiger partial charge in [0.25, 0.3) is 0 Å². The van der Waals surface area contributed by atoms with Crippen LogP contribution in [-0.4, -0.2) is 20.0 Å². The van der Waals surface area contributed by atoms with Crippen LogP contribution in [-0.2, 0) is 4.74 Å². The van der Waals surface area contributed by atoms with Gasteiger partial charge in [-0.3, -0.25) is 4.79 Å². The van der Waals surface area contributed by atoms with Gasteiger partial charge in [-0.1, -0.05) is 36.4 Å². The maximum absolute atomic E-state index is 12.8. The molecule has 0 fully saturated rings. The van der Waals surface area contributed by atoms with Gasteiger partial charge in [0.2, 0.25) is 0 Å². The van der Waals surface area contributed by atoms with Gasteiger partial charge >= 0.3 is 0 Å². The van der Waals surface area contributed by atoms with Crippen molar-refractivity contribution in [3.05, 3.63) is 77.9 Å². The first-order chi connectivity index (χ1) is 13.2. The molecule has 0 spiro atoms. The number of ether oxygens (including phenoxy) is 2. The summed E-state index contributed by atoms with van der Waals surface area (Å²) in [5, 5.41) is 3.40. The highest BCUT2D eigenvalue weighted by Crippen LogP contribution is 2.40. The highest BCUT2D eigenvalue weighted by molar-refractivity contribution is 6.05. The predicted octanol–water partition coefficient (Wildman–Crippen LogP) is 5.38. The van der Waals surface area contributed by atoms with Crippen LogP contribution in [0.1, 0.15) is 28.4 Å². The average molecular weight is 359 g/mol. The normalized spacial score (nSPS) is 15.5. The van der Waals surface area contributed by atoms with Gasteiger partial charge in [-0.2, -0.15) is 0 Å². The summed E-state index contributed by atoms with van der Waals surface area (Å²) in [7, 11) is 3.30. The van der Waals surface area contributed by atoms with Crippen molar-refractivity contribution in [1.82, 2.24) is 0 Å². The van der Waals surface area contributed by atoms with Crippen molar-refractivity contribution in [3.8, 4) is 16.9 Å². The molecule has 1 unspecified atom stereocenters. The fourth-order valence-electron chi connectivity index (χ4n) is 3.61. The Morgan fingerprint density at radius 3 is 2.48 bits per heavy atom. The van der Waals surface area contributed by atoms with Crippen LogP contribution in [0, 0.1) is 0 Å². The molecule has 27 heavy (non-hydrogen) atoms. The first-order valence-corrected chi connectivity index (χ1v) is 8.90. The lowest BCUT2D eigenvalue weighted by atomic mass is 9.95. The van der Waals surface area contributed by atoms with E-state index >= 15 is 0 Å². The smallest absolute Gasteiger partial charge is 0.166 e. The lowest BCUT2D eigenvalue weighted by molar-refractivity contribution is 0.0739. The van der Waals surface area contributed by atoms with Crippen LogP contribution >= 0.6 is 0 Å². The largest absolute Gasteiger partial charge is 0.495 e. The third-order valence-electron chi connectivity index (χ3n) is 4.96. The molecule has 0 radical (unpaired) electrons. The van der Waals surface area contributed by atoms with E-state index in [2.05, 4.69) is 5.32 Å². The van der Waals surface area contributed by atoms with Gasteiger partial charge in [0.1, 0.15) is 5.75 Å². The van der Waals surface area contributed by atoms with Crippen molar-refractivity contribution in [1.29, 1.82) is 0 Å². The van der Waals surface area contributed by atoms with E-state index < -0.39 is 0 Å². The third kappa shape index (κ3) is 3.20. The first-order valence-electron chi connectivity index (χ1n) is 8.90. The van der Waals surface area contributed by atoms with E-state index in [0.717, 1.165) is 39.4 Å². The van der Waals surface area contributed by atoms with Gasteiger partial charge in [0.15, 0.2) is 5.78 Å². The summed E-state index contributed by atoms with van der Waals surface area (Å²) in [6, 6.07) is 21.7. The molecule has 136 valence electrons.